The molecule has 0 fully saturated rings. The molecule has 2 aromatic carbocycles. The number of rotatable bonds is 5. The highest BCUT2D eigenvalue weighted by molar-refractivity contribution is 6.01. The van der Waals surface area contributed by atoms with Gasteiger partial charge in [0.25, 0.3) is 0 Å². The van der Waals surface area contributed by atoms with Gasteiger partial charge in [0.15, 0.2) is 0 Å². The molecule has 0 spiro atoms. The summed E-state index contributed by atoms with van der Waals surface area (Å²) >= 11 is 0. The lowest BCUT2D eigenvalue weighted by Gasteiger charge is -2.16. The van der Waals surface area contributed by atoms with Crippen molar-refractivity contribution in [2.24, 2.45) is 4.99 Å². The van der Waals surface area contributed by atoms with Gasteiger partial charge in [-0.25, -0.2) is 4.79 Å². The molecule has 0 bridgehead atoms. The minimum absolute atomic E-state index is 0.274. The van der Waals surface area contributed by atoms with Crippen molar-refractivity contribution in [3.63, 3.8) is 0 Å². The molecule has 2 N–H and O–H groups in total. The summed E-state index contributed by atoms with van der Waals surface area (Å²) in [5.74, 6) is -0.166. The Morgan fingerprint density at radius 2 is 1.87 bits per heavy atom. The summed E-state index contributed by atoms with van der Waals surface area (Å²) in [6.07, 6.45) is 0. The summed E-state index contributed by atoms with van der Waals surface area (Å²) in [4.78, 5) is 16.3. The predicted molar refractivity (Wildman–Crippen MR) is 120 cm³/mol. The zero-order valence-corrected chi connectivity index (χ0v) is 17.3. The molecule has 1 aliphatic heterocycles. The van der Waals surface area contributed by atoms with Crippen molar-refractivity contribution in [2.75, 3.05) is 18.4 Å². The van der Waals surface area contributed by atoms with Crippen molar-refractivity contribution in [3.05, 3.63) is 71.1 Å². The fourth-order valence-corrected chi connectivity index (χ4v) is 3.79. The number of anilines is 1. The highest BCUT2D eigenvalue weighted by atomic mass is 16.4. The minimum Gasteiger partial charge on any atom is -0.478 e. The topological polar surface area (TPSA) is 74.8 Å². The maximum absolute atomic E-state index is 11.8. The van der Waals surface area contributed by atoms with Crippen LogP contribution in [0.3, 0.4) is 0 Å². The molecule has 1 heterocycles. The van der Waals surface area contributed by atoms with Crippen LogP contribution in [0.2, 0.25) is 0 Å². The number of aryl methyl sites for hydroxylation is 1. The molecule has 0 saturated heterocycles. The van der Waals surface area contributed by atoms with E-state index in [9.17, 15) is 9.90 Å². The molecule has 5 heteroatoms. The normalized spacial score (nSPS) is 11.9. The zero-order valence-electron chi connectivity index (χ0n) is 17.3. The maximum Gasteiger partial charge on any atom is 0.336 e. The van der Waals surface area contributed by atoms with Gasteiger partial charge >= 0.3 is 5.97 Å². The molecule has 0 aromatic heterocycles. The first-order valence-electron chi connectivity index (χ1n) is 10.1. The molecule has 30 heavy (non-hydrogen) atoms. The van der Waals surface area contributed by atoms with E-state index < -0.39 is 5.97 Å². The van der Waals surface area contributed by atoms with Crippen LogP contribution >= 0.6 is 0 Å². The molecule has 5 nitrogen and oxygen atoms in total. The van der Waals surface area contributed by atoms with Gasteiger partial charge in [0.1, 0.15) is 11.3 Å². The lowest BCUT2D eigenvalue weighted by molar-refractivity contribution is 0.0697. The van der Waals surface area contributed by atoms with Crippen molar-refractivity contribution in [1.29, 1.82) is 0 Å². The second kappa shape index (κ2) is 8.03. The van der Waals surface area contributed by atoms with Crippen molar-refractivity contribution < 1.29 is 14.3 Å². The van der Waals surface area contributed by atoms with Gasteiger partial charge in [-0.1, -0.05) is 18.2 Å². The van der Waals surface area contributed by atoms with Gasteiger partial charge in [-0.15, -0.1) is 0 Å². The fraction of sp³-hybridized carbons (Fsp3) is 0.200. The first kappa shape index (κ1) is 19.7. The predicted octanol–water partition coefficient (Wildman–Crippen LogP) is 5.56. The lowest BCUT2D eigenvalue weighted by atomic mass is 9.95. The second-order valence-corrected chi connectivity index (χ2v) is 7.21. The number of benzene rings is 3. The van der Waals surface area contributed by atoms with E-state index in [-0.39, 0.29) is 5.56 Å². The third-order valence-electron chi connectivity index (χ3n) is 5.15. The van der Waals surface area contributed by atoms with E-state index in [0.29, 0.717) is 12.1 Å². The lowest BCUT2D eigenvalue weighted by Crippen LogP contribution is -2.08. The van der Waals surface area contributed by atoms with Crippen LogP contribution in [0.4, 0.5) is 5.69 Å². The number of aromatic carboxylic acids is 1. The molecule has 0 atom stereocenters. The number of hydrogen-bond acceptors (Lipinski definition) is 4. The molecule has 0 unspecified atom stereocenters. The van der Waals surface area contributed by atoms with Crippen LogP contribution in [0.25, 0.3) is 33.4 Å². The van der Waals surface area contributed by atoms with E-state index in [4.69, 9.17) is 4.42 Å². The number of fused-ring (bicyclic) bond motifs is 2. The van der Waals surface area contributed by atoms with Gasteiger partial charge in [-0.05, 0) is 56.2 Å². The van der Waals surface area contributed by atoms with Gasteiger partial charge < -0.3 is 14.8 Å². The molecule has 2 aromatic rings. The van der Waals surface area contributed by atoms with Crippen molar-refractivity contribution in [3.8, 4) is 22.5 Å². The van der Waals surface area contributed by atoms with E-state index in [1.807, 2.05) is 51.1 Å². The van der Waals surface area contributed by atoms with Gasteiger partial charge in [0.05, 0.1) is 10.9 Å². The number of carbonyl (C=O) groups is 1. The largest absolute Gasteiger partial charge is 0.478 e. The van der Waals surface area contributed by atoms with Crippen LogP contribution in [0.15, 0.2) is 64.0 Å². The van der Waals surface area contributed by atoms with Gasteiger partial charge in [0, 0.05) is 47.4 Å². The van der Waals surface area contributed by atoms with E-state index >= 15 is 0 Å². The SMILES string of the molecule is CCN=c1cc2oc3cc(NCC)c(-c4ccccc4C(=O)O)cc3cc-2cc1C. The number of carboxylic acid groups (broad SMARTS) is 1. The van der Waals surface area contributed by atoms with Crippen LogP contribution in [-0.2, 0) is 0 Å². The van der Waals surface area contributed by atoms with Crippen LogP contribution < -0.4 is 10.7 Å². The third kappa shape index (κ3) is 3.54. The maximum atomic E-state index is 11.8. The summed E-state index contributed by atoms with van der Waals surface area (Å²) in [5.41, 5.74) is 5.45. The molecular formula is C25H24N2O3. The number of nitrogens with zero attached hydrogens (tertiary/aromatic N) is 1. The molecule has 152 valence electrons. The molecule has 1 aliphatic carbocycles. The van der Waals surface area contributed by atoms with Gasteiger partial charge in [-0.3, -0.25) is 4.99 Å². The van der Waals surface area contributed by atoms with Crippen molar-refractivity contribution >= 4 is 22.6 Å². The Hall–Kier alpha value is -3.60. The quantitative estimate of drug-likeness (QED) is 0.430. The fourth-order valence-electron chi connectivity index (χ4n) is 3.79. The number of carboxylic acids is 1. The highest BCUT2D eigenvalue weighted by Gasteiger charge is 2.17. The summed E-state index contributed by atoms with van der Waals surface area (Å²) in [5, 5.41) is 14.9. The van der Waals surface area contributed by atoms with Crippen LogP contribution in [0.5, 0.6) is 0 Å². The number of nitrogens with one attached hydrogen (secondary N) is 1. The summed E-state index contributed by atoms with van der Waals surface area (Å²) in [6.45, 7) is 7.49. The van der Waals surface area contributed by atoms with Gasteiger partial charge in [-0.2, -0.15) is 0 Å². The molecule has 0 saturated carbocycles. The van der Waals surface area contributed by atoms with E-state index in [1.54, 1.807) is 12.1 Å². The Labute approximate surface area is 175 Å². The summed E-state index contributed by atoms with van der Waals surface area (Å²) in [7, 11) is 0. The zero-order chi connectivity index (χ0) is 21.3. The average molecular weight is 400 g/mol. The Balaban J connectivity index is 2.01. The smallest absolute Gasteiger partial charge is 0.336 e. The Bertz CT molecular complexity index is 1290. The van der Waals surface area contributed by atoms with E-state index in [2.05, 4.69) is 22.4 Å². The van der Waals surface area contributed by atoms with E-state index in [1.165, 1.54) is 0 Å². The monoisotopic (exact) mass is 400 g/mol. The Kier molecular flexibility index (Phi) is 5.27. The van der Waals surface area contributed by atoms with E-state index in [0.717, 1.165) is 51.0 Å². The molecule has 0 amide bonds. The number of hydrogen-bond donors (Lipinski definition) is 2. The molecule has 0 radical (unpaired) electrons. The van der Waals surface area contributed by atoms with Gasteiger partial charge in [0.2, 0.25) is 0 Å². The summed E-state index contributed by atoms with van der Waals surface area (Å²) < 4.78 is 6.23. The molecular weight excluding hydrogens is 376 g/mol. The van der Waals surface area contributed by atoms with Crippen LogP contribution in [0, 0.1) is 6.92 Å². The molecule has 4 rings (SSSR count). The minimum atomic E-state index is -0.945. The first-order chi connectivity index (χ1) is 14.5. The van der Waals surface area contributed by atoms with Crippen molar-refractivity contribution in [2.45, 2.75) is 20.8 Å². The highest BCUT2D eigenvalue weighted by Crippen LogP contribution is 2.37. The molecule has 2 aliphatic rings. The average Bonchev–Trinajstić information content (AvgIpc) is 2.73. The van der Waals surface area contributed by atoms with Crippen molar-refractivity contribution in [1.82, 2.24) is 0 Å². The Morgan fingerprint density at radius 1 is 1.07 bits per heavy atom. The van der Waals surface area contributed by atoms with Crippen LogP contribution in [-0.4, -0.2) is 24.2 Å². The first-order valence-corrected chi connectivity index (χ1v) is 10.1. The van der Waals surface area contributed by atoms with Crippen LogP contribution in [0.1, 0.15) is 29.8 Å². The third-order valence-corrected chi connectivity index (χ3v) is 5.15. The summed E-state index contributed by atoms with van der Waals surface area (Å²) in [6, 6.07) is 17.2. The Morgan fingerprint density at radius 3 is 2.60 bits per heavy atom. The second-order valence-electron chi connectivity index (χ2n) is 7.21. The standard InChI is InChI=1S/C25H24N2O3/c1-4-26-21-13-23-16(10-15(21)3)11-17-12-20(22(27-5-2)14-24(17)30-23)18-8-6-7-9-19(18)25(28)29/h6-14,27H,4-5H2,1-3H3,(H,28,29).